The molecule has 108 valence electrons. The highest BCUT2D eigenvalue weighted by atomic mass is 32.2. The maximum absolute atomic E-state index is 11.5. The van der Waals surface area contributed by atoms with Crippen molar-refractivity contribution >= 4 is 10.0 Å². The molecule has 0 spiro atoms. The van der Waals surface area contributed by atoms with Gasteiger partial charge in [-0.05, 0) is 29.4 Å². The largest absolute Gasteiger partial charge is 0.215 e. The summed E-state index contributed by atoms with van der Waals surface area (Å²) in [6.07, 6.45) is 1.38. The zero-order chi connectivity index (χ0) is 14.5. The van der Waals surface area contributed by atoms with Crippen molar-refractivity contribution in [3.63, 3.8) is 0 Å². The van der Waals surface area contributed by atoms with Gasteiger partial charge in [0.2, 0.25) is 10.0 Å². The summed E-state index contributed by atoms with van der Waals surface area (Å²) in [7, 11) is -3.08. The molecule has 0 radical (unpaired) electrons. The van der Waals surface area contributed by atoms with Crippen LogP contribution in [0.4, 0.5) is 0 Å². The molecule has 1 rings (SSSR count). The molecule has 1 N–H and O–H groups in total. The van der Waals surface area contributed by atoms with E-state index in [-0.39, 0.29) is 11.2 Å². The molecule has 0 saturated heterocycles. The van der Waals surface area contributed by atoms with Gasteiger partial charge in [0, 0.05) is 6.54 Å². The number of benzene rings is 1. The first-order chi connectivity index (χ1) is 8.74. The molecule has 0 aliphatic rings. The lowest BCUT2D eigenvalue weighted by molar-refractivity contribution is 0.580. The molecule has 19 heavy (non-hydrogen) atoms. The highest BCUT2D eigenvalue weighted by Crippen LogP contribution is 2.22. The Hall–Kier alpha value is -0.870. The van der Waals surface area contributed by atoms with Gasteiger partial charge in [0.25, 0.3) is 0 Å². The highest BCUT2D eigenvalue weighted by Gasteiger charge is 2.13. The third-order valence-electron chi connectivity index (χ3n) is 3.03. The summed E-state index contributed by atoms with van der Waals surface area (Å²) in [5.74, 6) is 0.204. The average molecular weight is 283 g/mol. The van der Waals surface area contributed by atoms with E-state index in [1.165, 1.54) is 5.56 Å². The Bertz CT molecular complexity index is 484. The second kappa shape index (κ2) is 6.53. The van der Waals surface area contributed by atoms with Gasteiger partial charge in [-0.3, -0.25) is 0 Å². The molecule has 0 aliphatic heterocycles. The van der Waals surface area contributed by atoms with Crippen molar-refractivity contribution in [3.8, 4) is 0 Å². The molecule has 1 aromatic carbocycles. The van der Waals surface area contributed by atoms with Crippen LogP contribution in [-0.2, 0) is 21.9 Å². The van der Waals surface area contributed by atoms with Crippen LogP contribution in [0.15, 0.2) is 24.3 Å². The molecule has 1 aromatic rings. The van der Waals surface area contributed by atoms with E-state index in [2.05, 4.69) is 49.8 Å². The number of hydrogen-bond donors (Lipinski definition) is 1. The minimum Gasteiger partial charge on any atom is -0.215 e. The maximum atomic E-state index is 11.5. The van der Waals surface area contributed by atoms with Gasteiger partial charge >= 0.3 is 0 Å². The Kier molecular flexibility index (Phi) is 5.56. The van der Waals surface area contributed by atoms with Crippen LogP contribution in [0.3, 0.4) is 0 Å². The van der Waals surface area contributed by atoms with Gasteiger partial charge < -0.3 is 0 Å². The number of rotatable bonds is 6. The molecule has 0 aliphatic carbocycles. The van der Waals surface area contributed by atoms with Crippen LogP contribution >= 0.6 is 0 Å². The van der Waals surface area contributed by atoms with E-state index in [4.69, 9.17) is 0 Å². The second-order valence-corrected chi connectivity index (χ2v) is 7.84. The lowest BCUT2D eigenvalue weighted by Crippen LogP contribution is -2.28. The van der Waals surface area contributed by atoms with Crippen molar-refractivity contribution in [1.29, 1.82) is 0 Å². The summed E-state index contributed by atoms with van der Waals surface area (Å²) in [6, 6.07) is 8.40. The first-order valence-corrected chi connectivity index (χ1v) is 8.46. The van der Waals surface area contributed by atoms with Crippen LogP contribution in [0.25, 0.3) is 0 Å². The molecular weight excluding hydrogens is 258 g/mol. The van der Waals surface area contributed by atoms with Crippen molar-refractivity contribution in [2.75, 3.05) is 12.3 Å². The maximum Gasteiger partial charge on any atom is 0.211 e. The summed E-state index contributed by atoms with van der Waals surface area (Å²) < 4.78 is 25.6. The molecule has 0 unspecified atom stereocenters. The Morgan fingerprint density at radius 2 is 1.68 bits per heavy atom. The van der Waals surface area contributed by atoms with E-state index in [1.54, 1.807) is 0 Å². The predicted octanol–water partition coefficient (Wildman–Crippen LogP) is 2.86. The zero-order valence-electron chi connectivity index (χ0n) is 12.4. The van der Waals surface area contributed by atoms with Crippen LogP contribution in [0.5, 0.6) is 0 Å². The quantitative estimate of drug-likeness (QED) is 0.872. The molecule has 0 aromatic heterocycles. The van der Waals surface area contributed by atoms with E-state index in [1.807, 2.05) is 6.92 Å². The summed E-state index contributed by atoms with van der Waals surface area (Å²) in [5.41, 5.74) is 2.61. The van der Waals surface area contributed by atoms with Crippen LogP contribution < -0.4 is 4.72 Å². The molecule has 0 atom stereocenters. The third kappa shape index (κ3) is 5.74. The smallest absolute Gasteiger partial charge is 0.211 e. The van der Waals surface area contributed by atoms with Gasteiger partial charge in [-0.15, -0.1) is 0 Å². The first kappa shape index (κ1) is 16.2. The fourth-order valence-corrected chi connectivity index (χ4v) is 2.96. The van der Waals surface area contributed by atoms with Crippen molar-refractivity contribution < 1.29 is 8.42 Å². The van der Waals surface area contributed by atoms with Crippen LogP contribution in [0.1, 0.15) is 45.2 Å². The van der Waals surface area contributed by atoms with Crippen LogP contribution in [-0.4, -0.2) is 20.7 Å². The Morgan fingerprint density at radius 3 is 2.16 bits per heavy atom. The molecule has 0 saturated carbocycles. The minimum atomic E-state index is -3.08. The molecular formula is C15H25NO2S. The second-order valence-electron chi connectivity index (χ2n) is 5.91. The fourth-order valence-electron chi connectivity index (χ4n) is 1.86. The van der Waals surface area contributed by atoms with Gasteiger partial charge in [-0.1, -0.05) is 52.0 Å². The third-order valence-corrected chi connectivity index (χ3v) is 4.62. The van der Waals surface area contributed by atoms with Gasteiger partial charge in [-0.25, -0.2) is 13.1 Å². The molecule has 4 heteroatoms. The van der Waals surface area contributed by atoms with Crippen LogP contribution in [0, 0.1) is 0 Å². The standard InChI is InChI=1S/C15H25NO2S/c1-5-12-19(17,18)16-11-10-13-6-8-14(9-7-13)15(2,3)4/h6-9,16H,5,10-12H2,1-4H3. The number of hydrogen-bond acceptors (Lipinski definition) is 2. The highest BCUT2D eigenvalue weighted by molar-refractivity contribution is 7.89. The van der Waals surface area contributed by atoms with Gasteiger partial charge in [0.15, 0.2) is 0 Å². The lowest BCUT2D eigenvalue weighted by atomic mass is 9.86. The van der Waals surface area contributed by atoms with Crippen molar-refractivity contribution in [2.45, 2.75) is 46.0 Å². The van der Waals surface area contributed by atoms with Gasteiger partial charge in [-0.2, -0.15) is 0 Å². The minimum absolute atomic E-state index is 0.154. The van der Waals surface area contributed by atoms with Crippen molar-refractivity contribution in [2.24, 2.45) is 0 Å². The molecule has 3 nitrogen and oxygen atoms in total. The van der Waals surface area contributed by atoms with Gasteiger partial charge in [0.05, 0.1) is 5.75 Å². The lowest BCUT2D eigenvalue weighted by Gasteiger charge is -2.19. The molecule has 0 amide bonds. The van der Waals surface area contributed by atoms with E-state index >= 15 is 0 Å². The summed E-state index contributed by atoms with van der Waals surface area (Å²) in [6.45, 7) is 8.88. The number of nitrogens with one attached hydrogen (secondary N) is 1. The first-order valence-electron chi connectivity index (χ1n) is 6.81. The van der Waals surface area contributed by atoms with E-state index in [0.717, 1.165) is 12.0 Å². The Morgan fingerprint density at radius 1 is 1.11 bits per heavy atom. The monoisotopic (exact) mass is 283 g/mol. The predicted molar refractivity (Wildman–Crippen MR) is 80.9 cm³/mol. The van der Waals surface area contributed by atoms with E-state index < -0.39 is 10.0 Å². The Balaban J connectivity index is 2.51. The number of sulfonamides is 1. The van der Waals surface area contributed by atoms with E-state index in [0.29, 0.717) is 13.0 Å². The molecule has 0 fully saturated rings. The zero-order valence-corrected chi connectivity index (χ0v) is 13.2. The molecule has 0 heterocycles. The fraction of sp³-hybridized carbons (Fsp3) is 0.600. The topological polar surface area (TPSA) is 46.2 Å². The van der Waals surface area contributed by atoms with Gasteiger partial charge in [0.1, 0.15) is 0 Å². The summed E-state index contributed by atoms with van der Waals surface area (Å²) in [4.78, 5) is 0. The van der Waals surface area contributed by atoms with E-state index in [9.17, 15) is 8.42 Å². The van der Waals surface area contributed by atoms with Crippen LogP contribution in [0.2, 0.25) is 0 Å². The summed E-state index contributed by atoms with van der Waals surface area (Å²) >= 11 is 0. The van der Waals surface area contributed by atoms with Crippen molar-refractivity contribution in [1.82, 2.24) is 4.72 Å². The molecule has 0 bridgehead atoms. The Labute approximate surface area is 117 Å². The average Bonchev–Trinajstić information content (AvgIpc) is 2.28. The van der Waals surface area contributed by atoms with Crippen molar-refractivity contribution in [3.05, 3.63) is 35.4 Å². The summed E-state index contributed by atoms with van der Waals surface area (Å²) in [5, 5.41) is 0. The normalized spacial score (nSPS) is 12.6. The SMILES string of the molecule is CCCS(=O)(=O)NCCc1ccc(C(C)(C)C)cc1.